The normalized spacial score (nSPS) is 14.9. The zero-order valence-electron chi connectivity index (χ0n) is 19.7. The van der Waals surface area contributed by atoms with E-state index in [1.807, 2.05) is 91.0 Å². The number of primary amides is 1. The van der Waals surface area contributed by atoms with Crippen LogP contribution in [0.2, 0.25) is 0 Å². The van der Waals surface area contributed by atoms with Crippen molar-refractivity contribution in [3.8, 4) is 0 Å². The Labute approximate surface area is 206 Å². The molecule has 0 aliphatic carbocycles. The Kier molecular flexibility index (Phi) is 7.93. The SMILES string of the molecule is NC(=O)C1CCN(C(=O)[C@@H](Cc2ccccc2)NC(=O)C(c2ccccc2)c2ccccc2)CC1. The Hall–Kier alpha value is -3.93. The molecule has 0 spiro atoms. The molecule has 180 valence electrons. The summed E-state index contributed by atoms with van der Waals surface area (Å²) >= 11 is 0. The molecule has 1 aliphatic heterocycles. The Balaban J connectivity index is 1.58. The summed E-state index contributed by atoms with van der Waals surface area (Å²) in [7, 11) is 0. The fourth-order valence-corrected chi connectivity index (χ4v) is 4.70. The van der Waals surface area contributed by atoms with Crippen LogP contribution in [0.25, 0.3) is 0 Å². The van der Waals surface area contributed by atoms with Crippen LogP contribution in [-0.4, -0.2) is 41.8 Å². The largest absolute Gasteiger partial charge is 0.369 e. The van der Waals surface area contributed by atoms with Gasteiger partial charge in [-0.05, 0) is 29.5 Å². The van der Waals surface area contributed by atoms with Crippen molar-refractivity contribution in [3.63, 3.8) is 0 Å². The van der Waals surface area contributed by atoms with Crippen molar-refractivity contribution in [2.24, 2.45) is 11.7 Å². The van der Waals surface area contributed by atoms with E-state index in [1.165, 1.54) is 0 Å². The Bertz CT molecular complexity index is 1090. The molecule has 3 amide bonds. The number of nitrogens with zero attached hydrogens (tertiary/aromatic N) is 1. The molecule has 4 rings (SSSR count). The van der Waals surface area contributed by atoms with Gasteiger partial charge in [0.2, 0.25) is 17.7 Å². The van der Waals surface area contributed by atoms with Crippen molar-refractivity contribution in [3.05, 3.63) is 108 Å². The molecule has 0 radical (unpaired) electrons. The van der Waals surface area contributed by atoms with Crippen molar-refractivity contribution >= 4 is 17.7 Å². The maximum Gasteiger partial charge on any atom is 0.245 e. The quantitative estimate of drug-likeness (QED) is 0.530. The third-order valence-corrected chi connectivity index (χ3v) is 6.63. The van der Waals surface area contributed by atoms with Gasteiger partial charge in [0.15, 0.2) is 0 Å². The summed E-state index contributed by atoms with van der Waals surface area (Å²) in [5.41, 5.74) is 8.16. The zero-order chi connectivity index (χ0) is 24.6. The lowest BCUT2D eigenvalue weighted by Crippen LogP contribution is -2.53. The van der Waals surface area contributed by atoms with Crippen LogP contribution in [-0.2, 0) is 20.8 Å². The molecule has 3 aromatic carbocycles. The van der Waals surface area contributed by atoms with E-state index in [-0.39, 0.29) is 23.6 Å². The number of benzene rings is 3. The van der Waals surface area contributed by atoms with Gasteiger partial charge in [-0.2, -0.15) is 0 Å². The van der Waals surface area contributed by atoms with Crippen LogP contribution in [0.4, 0.5) is 0 Å². The molecule has 1 heterocycles. The van der Waals surface area contributed by atoms with E-state index in [2.05, 4.69) is 5.32 Å². The van der Waals surface area contributed by atoms with Crippen LogP contribution in [0.3, 0.4) is 0 Å². The third-order valence-electron chi connectivity index (χ3n) is 6.63. The lowest BCUT2D eigenvalue weighted by Gasteiger charge is -2.34. The first-order valence-electron chi connectivity index (χ1n) is 12.0. The second kappa shape index (κ2) is 11.5. The summed E-state index contributed by atoms with van der Waals surface area (Å²) in [5.74, 6) is -1.42. The minimum Gasteiger partial charge on any atom is -0.369 e. The molecule has 6 nitrogen and oxygen atoms in total. The van der Waals surface area contributed by atoms with E-state index in [1.54, 1.807) is 4.90 Å². The number of hydrogen-bond donors (Lipinski definition) is 2. The highest BCUT2D eigenvalue weighted by molar-refractivity contribution is 5.92. The van der Waals surface area contributed by atoms with Crippen molar-refractivity contribution in [1.82, 2.24) is 10.2 Å². The highest BCUT2D eigenvalue weighted by atomic mass is 16.2. The summed E-state index contributed by atoms with van der Waals surface area (Å²) in [4.78, 5) is 40.6. The number of amides is 3. The summed E-state index contributed by atoms with van der Waals surface area (Å²) < 4.78 is 0. The number of hydrogen-bond acceptors (Lipinski definition) is 3. The first-order valence-corrected chi connectivity index (χ1v) is 12.0. The molecule has 3 N–H and O–H groups in total. The van der Waals surface area contributed by atoms with Gasteiger partial charge in [0.05, 0.1) is 5.92 Å². The molecular weight excluding hydrogens is 438 g/mol. The molecule has 1 saturated heterocycles. The predicted molar refractivity (Wildman–Crippen MR) is 135 cm³/mol. The van der Waals surface area contributed by atoms with Crippen LogP contribution in [0.15, 0.2) is 91.0 Å². The average molecular weight is 470 g/mol. The standard InChI is InChI=1S/C29H31N3O3/c30-27(33)24-16-18-32(19-17-24)29(35)25(20-21-10-4-1-5-11-21)31-28(34)26(22-12-6-2-7-13-22)23-14-8-3-9-15-23/h1-15,24-26H,16-20H2,(H2,30,33)(H,31,34)/t25-/m1/s1. The van der Waals surface area contributed by atoms with Crippen molar-refractivity contribution in [2.75, 3.05) is 13.1 Å². The van der Waals surface area contributed by atoms with E-state index in [9.17, 15) is 14.4 Å². The molecule has 35 heavy (non-hydrogen) atoms. The number of carbonyl (C=O) groups excluding carboxylic acids is 3. The lowest BCUT2D eigenvalue weighted by atomic mass is 9.90. The minimum atomic E-state index is -0.718. The van der Waals surface area contributed by atoms with Gasteiger partial charge in [0.25, 0.3) is 0 Å². The van der Waals surface area contributed by atoms with Gasteiger partial charge in [-0.25, -0.2) is 0 Å². The van der Waals surface area contributed by atoms with Crippen LogP contribution >= 0.6 is 0 Å². The Morgan fingerprint density at radius 2 is 1.29 bits per heavy atom. The van der Waals surface area contributed by atoms with E-state index >= 15 is 0 Å². The monoisotopic (exact) mass is 469 g/mol. The Morgan fingerprint density at radius 1 is 0.800 bits per heavy atom. The molecule has 1 aliphatic rings. The highest BCUT2D eigenvalue weighted by Crippen LogP contribution is 2.25. The molecule has 0 bridgehead atoms. The zero-order valence-corrected chi connectivity index (χ0v) is 19.7. The molecule has 0 unspecified atom stereocenters. The molecule has 0 aromatic heterocycles. The molecule has 6 heteroatoms. The van der Waals surface area contributed by atoms with Gasteiger partial charge in [0, 0.05) is 25.4 Å². The van der Waals surface area contributed by atoms with Crippen LogP contribution in [0.5, 0.6) is 0 Å². The third kappa shape index (κ3) is 6.15. The van der Waals surface area contributed by atoms with Gasteiger partial charge in [0.1, 0.15) is 6.04 Å². The lowest BCUT2D eigenvalue weighted by molar-refractivity contribution is -0.139. The van der Waals surface area contributed by atoms with Gasteiger partial charge in [-0.15, -0.1) is 0 Å². The molecule has 0 saturated carbocycles. The van der Waals surface area contributed by atoms with E-state index in [4.69, 9.17) is 5.73 Å². The highest BCUT2D eigenvalue weighted by Gasteiger charge is 2.33. The fraction of sp³-hybridized carbons (Fsp3) is 0.276. The number of nitrogens with two attached hydrogens (primary N) is 1. The summed E-state index contributed by atoms with van der Waals surface area (Å²) in [6, 6.07) is 28.2. The summed E-state index contributed by atoms with van der Waals surface area (Å²) in [5, 5.41) is 3.07. The van der Waals surface area contributed by atoms with E-state index in [0.717, 1.165) is 16.7 Å². The molecule has 3 aromatic rings. The molecule has 1 fully saturated rings. The number of likely N-dealkylation sites (tertiary alicyclic amines) is 1. The van der Waals surface area contributed by atoms with Crippen LogP contribution < -0.4 is 11.1 Å². The number of nitrogens with one attached hydrogen (secondary N) is 1. The van der Waals surface area contributed by atoms with Crippen LogP contribution in [0.1, 0.15) is 35.4 Å². The van der Waals surface area contributed by atoms with E-state index in [0.29, 0.717) is 32.4 Å². The van der Waals surface area contributed by atoms with E-state index < -0.39 is 12.0 Å². The first-order chi connectivity index (χ1) is 17.0. The fourth-order valence-electron chi connectivity index (χ4n) is 4.70. The first kappa shape index (κ1) is 24.2. The number of carbonyl (C=O) groups is 3. The van der Waals surface area contributed by atoms with Crippen molar-refractivity contribution in [2.45, 2.75) is 31.2 Å². The average Bonchev–Trinajstić information content (AvgIpc) is 2.90. The van der Waals surface area contributed by atoms with Crippen LogP contribution in [0, 0.1) is 5.92 Å². The van der Waals surface area contributed by atoms with Gasteiger partial charge in [-0.3, -0.25) is 14.4 Å². The second-order valence-electron chi connectivity index (χ2n) is 9.01. The number of piperidine rings is 1. The predicted octanol–water partition coefficient (Wildman–Crippen LogP) is 3.27. The van der Waals surface area contributed by atoms with Crippen molar-refractivity contribution < 1.29 is 14.4 Å². The summed E-state index contributed by atoms with van der Waals surface area (Å²) in [6.07, 6.45) is 1.48. The maximum atomic E-state index is 13.7. The van der Waals surface area contributed by atoms with Crippen molar-refractivity contribution in [1.29, 1.82) is 0 Å². The van der Waals surface area contributed by atoms with Gasteiger partial charge in [-0.1, -0.05) is 91.0 Å². The Morgan fingerprint density at radius 3 is 1.77 bits per heavy atom. The van der Waals surface area contributed by atoms with Gasteiger partial charge >= 0.3 is 0 Å². The molecular formula is C29H31N3O3. The smallest absolute Gasteiger partial charge is 0.245 e. The minimum absolute atomic E-state index is 0.134. The summed E-state index contributed by atoms with van der Waals surface area (Å²) in [6.45, 7) is 0.906. The maximum absolute atomic E-state index is 13.7. The van der Waals surface area contributed by atoms with Gasteiger partial charge < -0.3 is 16.0 Å². The number of rotatable bonds is 8. The second-order valence-corrected chi connectivity index (χ2v) is 9.01. The molecule has 1 atom stereocenters. The topological polar surface area (TPSA) is 92.5 Å².